The van der Waals surface area contributed by atoms with Crippen LogP contribution in [-0.4, -0.2) is 10.1 Å². The number of aryl methyl sites for hydroxylation is 2. The number of rotatable bonds is 2. The number of aromatic hydroxyl groups is 1. The smallest absolute Gasteiger partial charge is 0.139 e. The summed E-state index contributed by atoms with van der Waals surface area (Å²) in [7, 11) is 0. The summed E-state index contributed by atoms with van der Waals surface area (Å²) in [5.74, 6) is 0.239. The number of anilines is 2. The van der Waals surface area contributed by atoms with Crippen molar-refractivity contribution in [1.82, 2.24) is 4.98 Å². The van der Waals surface area contributed by atoms with E-state index in [0.717, 1.165) is 27.8 Å². The summed E-state index contributed by atoms with van der Waals surface area (Å²) in [5, 5.41) is 14.2. The van der Waals surface area contributed by atoms with Crippen LogP contribution in [0.2, 0.25) is 0 Å². The van der Waals surface area contributed by atoms with Gasteiger partial charge in [0, 0.05) is 16.8 Å². The van der Waals surface area contributed by atoms with Crippen LogP contribution in [0.1, 0.15) is 11.3 Å². The summed E-state index contributed by atoms with van der Waals surface area (Å²) in [6.07, 6.45) is 0. The Labute approximate surface area is 117 Å². The van der Waals surface area contributed by atoms with Gasteiger partial charge in [0.05, 0.1) is 11.2 Å². The zero-order chi connectivity index (χ0) is 14.1. The number of phenols is 1. The summed E-state index contributed by atoms with van der Waals surface area (Å²) in [6, 6.07) is 15.3. The van der Waals surface area contributed by atoms with Crippen LogP contribution in [0.3, 0.4) is 0 Å². The fourth-order valence-corrected chi connectivity index (χ4v) is 2.35. The zero-order valence-electron chi connectivity index (χ0n) is 11.5. The van der Waals surface area contributed by atoms with Crippen molar-refractivity contribution in [2.75, 3.05) is 5.32 Å². The molecule has 1 aromatic heterocycles. The van der Waals surface area contributed by atoms with E-state index in [9.17, 15) is 5.11 Å². The van der Waals surface area contributed by atoms with Crippen LogP contribution in [-0.2, 0) is 0 Å². The first kappa shape index (κ1) is 12.5. The van der Waals surface area contributed by atoms with E-state index in [4.69, 9.17) is 0 Å². The number of benzene rings is 2. The molecule has 2 aromatic carbocycles. The molecule has 0 fully saturated rings. The predicted octanol–water partition coefficient (Wildman–Crippen LogP) is 4.30. The van der Waals surface area contributed by atoms with Crippen LogP contribution in [0.5, 0.6) is 5.75 Å². The van der Waals surface area contributed by atoms with Gasteiger partial charge in [0.2, 0.25) is 0 Å². The van der Waals surface area contributed by atoms with E-state index >= 15 is 0 Å². The van der Waals surface area contributed by atoms with E-state index in [0.29, 0.717) is 5.69 Å². The molecule has 100 valence electrons. The summed E-state index contributed by atoms with van der Waals surface area (Å²) in [4.78, 5) is 4.60. The summed E-state index contributed by atoms with van der Waals surface area (Å²) in [6.45, 7) is 4.03. The lowest BCUT2D eigenvalue weighted by Crippen LogP contribution is -1.96. The van der Waals surface area contributed by atoms with Crippen molar-refractivity contribution >= 4 is 22.3 Å². The highest BCUT2D eigenvalue weighted by Crippen LogP contribution is 2.31. The number of pyridine rings is 1. The number of fused-ring (bicyclic) bond motifs is 1. The second-order valence-corrected chi connectivity index (χ2v) is 4.92. The monoisotopic (exact) mass is 264 g/mol. The largest absolute Gasteiger partial charge is 0.506 e. The maximum absolute atomic E-state index is 9.89. The van der Waals surface area contributed by atoms with Crippen LogP contribution in [0.4, 0.5) is 11.4 Å². The first-order valence-corrected chi connectivity index (χ1v) is 6.57. The molecule has 0 bridgehead atoms. The minimum Gasteiger partial charge on any atom is -0.506 e. The molecule has 0 saturated carbocycles. The number of nitrogens with one attached hydrogen (secondary N) is 1. The third-order valence-corrected chi connectivity index (χ3v) is 3.34. The molecule has 3 aromatic rings. The Morgan fingerprint density at radius 3 is 2.55 bits per heavy atom. The Bertz CT molecular complexity index is 781. The molecule has 0 atom stereocenters. The molecule has 0 amide bonds. The van der Waals surface area contributed by atoms with Gasteiger partial charge in [0.1, 0.15) is 5.75 Å². The van der Waals surface area contributed by atoms with Crippen LogP contribution < -0.4 is 5.32 Å². The molecule has 0 aliphatic heterocycles. The number of nitrogens with zero attached hydrogens (tertiary/aromatic N) is 1. The Hall–Kier alpha value is -2.55. The fourth-order valence-electron chi connectivity index (χ4n) is 2.35. The molecule has 3 nitrogen and oxygen atoms in total. The highest BCUT2D eigenvalue weighted by Gasteiger charge is 2.07. The first-order chi connectivity index (χ1) is 9.65. The molecule has 1 heterocycles. The van der Waals surface area contributed by atoms with E-state index < -0.39 is 0 Å². The third kappa shape index (κ3) is 2.18. The highest BCUT2D eigenvalue weighted by molar-refractivity contribution is 5.95. The maximum Gasteiger partial charge on any atom is 0.139 e. The van der Waals surface area contributed by atoms with Gasteiger partial charge in [-0.2, -0.15) is 0 Å². The van der Waals surface area contributed by atoms with E-state index in [-0.39, 0.29) is 5.75 Å². The zero-order valence-corrected chi connectivity index (χ0v) is 11.5. The Balaban J connectivity index is 2.17. The number of para-hydroxylation sites is 3. The van der Waals surface area contributed by atoms with E-state index in [1.54, 1.807) is 12.1 Å². The van der Waals surface area contributed by atoms with Crippen LogP contribution in [0.25, 0.3) is 10.9 Å². The molecule has 20 heavy (non-hydrogen) atoms. The molecule has 3 heteroatoms. The summed E-state index contributed by atoms with van der Waals surface area (Å²) < 4.78 is 0. The first-order valence-electron chi connectivity index (χ1n) is 6.57. The molecular formula is C17H16N2O. The van der Waals surface area contributed by atoms with Crippen molar-refractivity contribution in [3.05, 3.63) is 59.8 Å². The lowest BCUT2D eigenvalue weighted by Gasteiger charge is -2.13. The highest BCUT2D eigenvalue weighted by atomic mass is 16.3. The topological polar surface area (TPSA) is 45.1 Å². The van der Waals surface area contributed by atoms with Crippen molar-refractivity contribution in [3.8, 4) is 5.75 Å². The molecular weight excluding hydrogens is 248 g/mol. The second kappa shape index (κ2) is 4.85. The number of phenolic OH excluding ortho intramolecular Hbond substituents is 1. The minimum atomic E-state index is 0.239. The van der Waals surface area contributed by atoms with E-state index in [2.05, 4.69) is 23.3 Å². The maximum atomic E-state index is 9.89. The molecule has 0 saturated heterocycles. The van der Waals surface area contributed by atoms with Gasteiger partial charge in [0.15, 0.2) is 0 Å². The Morgan fingerprint density at radius 2 is 1.75 bits per heavy atom. The number of aromatic nitrogens is 1. The quantitative estimate of drug-likeness (QED) is 0.678. The second-order valence-electron chi connectivity index (χ2n) is 4.92. The van der Waals surface area contributed by atoms with Crippen LogP contribution >= 0.6 is 0 Å². The molecule has 0 radical (unpaired) electrons. The number of hydrogen-bond acceptors (Lipinski definition) is 3. The van der Waals surface area contributed by atoms with Gasteiger partial charge in [-0.15, -0.1) is 0 Å². The van der Waals surface area contributed by atoms with Crippen molar-refractivity contribution in [1.29, 1.82) is 0 Å². The lowest BCUT2D eigenvalue weighted by atomic mass is 10.1. The van der Waals surface area contributed by atoms with Crippen LogP contribution in [0.15, 0.2) is 48.5 Å². The SMILES string of the molecule is Cc1cc(Nc2ccccc2O)c2cccc(C)c2n1. The van der Waals surface area contributed by atoms with Gasteiger partial charge < -0.3 is 10.4 Å². The number of hydrogen-bond donors (Lipinski definition) is 2. The lowest BCUT2D eigenvalue weighted by molar-refractivity contribution is 0.478. The third-order valence-electron chi connectivity index (χ3n) is 3.34. The predicted molar refractivity (Wildman–Crippen MR) is 82.6 cm³/mol. The summed E-state index contributed by atoms with van der Waals surface area (Å²) >= 11 is 0. The molecule has 2 N–H and O–H groups in total. The van der Waals surface area contributed by atoms with E-state index in [1.165, 1.54) is 0 Å². The van der Waals surface area contributed by atoms with Crippen molar-refractivity contribution in [3.63, 3.8) is 0 Å². The van der Waals surface area contributed by atoms with Crippen molar-refractivity contribution in [2.45, 2.75) is 13.8 Å². The average molecular weight is 264 g/mol. The molecule has 3 rings (SSSR count). The molecule has 0 unspecified atom stereocenters. The van der Waals surface area contributed by atoms with Gasteiger partial charge >= 0.3 is 0 Å². The normalized spacial score (nSPS) is 10.7. The fraction of sp³-hybridized carbons (Fsp3) is 0.118. The van der Waals surface area contributed by atoms with Gasteiger partial charge in [0.25, 0.3) is 0 Å². The van der Waals surface area contributed by atoms with Crippen molar-refractivity contribution < 1.29 is 5.11 Å². The van der Waals surface area contributed by atoms with Gasteiger partial charge in [-0.3, -0.25) is 4.98 Å². The van der Waals surface area contributed by atoms with Gasteiger partial charge in [-0.25, -0.2) is 0 Å². The average Bonchev–Trinajstić information content (AvgIpc) is 2.42. The van der Waals surface area contributed by atoms with Gasteiger partial charge in [-0.1, -0.05) is 30.3 Å². The standard InChI is InChI=1S/C17H16N2O/c1-11-6-5-7-13-15(10-12(2)18-17(11)13)19-14-8-3-4-9-16(14)20/h3-10,20H,1-2H3,(H,18,19). The van der Waals surface area contributed by atoms with Gasteiger partial charge in [-0.05, 0) is 37.6 Å². The molecule has 0 aliphatic rings. The van der Waals surface area contributed by atoms with E-state index in [1.807, 2.05) is 37.3 Å². The molecule has 0 spiro atoms. The minimum absolute atomic E-state index is 0.239. The molecule has 0 aliphatic carbocycles. The Morgan fingerprint density at radius 1 is 0.950 bits per heavy atom. The van der Waals surface area contributed by atoms with Crippen molar-refractivity contribution in [2.24, 2.45) is 0 Å². The van der Waals surface area contributed by atoms with Crippen LogP contribution in [0, 0.1) is 13.8 Å². The summed E-state index contributed by atoms with van der Waals surface area (Å²) in [5.41, 5.74) is 4.74. The Kier molecular flexibility index (Phi) is 3.03.